The summed E-state index contributed by atoms with van der Waals surface area (Å²) in [5.41, 5.74) is 0. The molecule has 0 saturated heterocycles. The van der Waals surface area contributed by atoms with E-state index < -0.39 is 35.4 Å². The van der Waals surface area contributed by atoms with Crippen molar-refractivity contribution in [1.82, 2.24) is 4.90 Å². The van der Waals surface area contributed by atoms with Gasteiger partial charge in [0.1, 0.15) is 0 Å². The molecule has 0 rings (SSSR count). The number of halogens is 10. The Labute approximate surface area is 92.4 Å². The van der Waals surface area contributed by atoms with Crippen molar-refractivity contribution in [1.29, 1.82) is 0 Å². The second-order valence-electron chi connectivity index (χ2n) is 2.59. The van der Waals surface area contributed by atoms with Gasteiger partial charge in [0, 0.05) is 0 Å². The van der Waals surface area contributed by atoms with Crippen molar-refractivity contribution in [2.45, 2.75) is 18.8 Å². The van der Waals surface area contributed by atoms with Crippen LogP contribution < -0.4 is 0 Å². The summed E-state index contributed by atoms with van der Waals surface area (Å²) in [6, 6.07) is 0. The highest BCUT2D eigenvalue weighted by Crippen LogP contribution is 2.41. The smallest absolute Gasteiger partial charge is 0.489 e. The van der Waals surface area contributed by atoms with E-state index in [0.717, 1.165) is 0 Å². The Hall–Kier alpha value is -1.36. The van der Waals surface area contributed by atoms with Gasteiger partial charge in [0.05, 0.1) is 7.11 Å². The maximum absolute atomic E-state index is 12.7. The summed E-state index contributed by atoms with van der Waals surface area (Å²) in [5, 5.41) is 0. The average Bonchev–Trinajstić information content (AvgIpc) is 1.94. The molecule has 0 unspecified atom stereocenters. The summed E-state index contributed by atoms with van der Waals surface area (Å²) in [6.45, 7) is 0. The molecule has 0 fully saturated rings. The fourth-order valence-electron chi connectivity index (χ4n) is 0.785. The Kier molecular flexibility index (Phi) is 4.37. The summed E-state index contributed by atoms with van der Waals surface area (Å²) < 4.78 is 123. The topological polar surface area (TPSA) is 12.5 Å². The molecule has 0 aliphatic rings. The summed E-state index contributed by atoms with van der Waals surface area (Å²) in [4.78, 5) is -2.94. The average molecular weight is 295 g/mol. The predicted molar refractivity (Wildman–Crippen MR) is 35.1 cm³/mol. The lowest BCUT2D eigenvalue weighted by atomic mass is 10.4. The highest BCUT2D eigenvalue weighted by molar-refractivity contribution is 5.07. The zero-order valence-electron chi connectivity index (χ0n) is 8.14. The van der Waals surface area contributed by atoms with E-state index in [1.165, 1.54) is 0 Å². The van der Waals surface area contributed by atoms with Crippen molar-refractivity contribution in [3.05, 3.63) is 11.7 Å². The van der Waals surface area contributed by atoms with Crippen molar-refractivity contribution in [2.24, 2.45) is 0 Å². The van der Waals surface area contributed by atoms with Gasteiger partial charge in [-0.3, -0.25) is 0 Å². The standard InChI is InChI=1S/C6H3F10NO/c1-18-2(4(8,9)10)3(7)17(5(11,12)13)6(14,15)16/h1H3/b3-2+. The first-order valence-electron chi connectivity index (χ1n) is 3.67. The predicted octanol–water partition coefficient (Wildman–Crippen LogP) is 3.68. The molecule has 0 saturated carbocycles. The number of hydrogen-bond donors (Lipinski definition) is 0. The molecule has 2 nitrogen and oxygen atoms in total. The Morgan fingerprint density at radius 3 is 1.33 bits per heavy atom. The van der Waals surface area contributed by atoms with Crippen LogP contribution in [-0.4, -0.2) is 30.8 Å². The highest BCUT2D eigenvalue weighted by Gasteiger charge is 2.58. The van der Waals surface area contributed by atoms with Crippen LogP contribution in [0.25, 0.3) is 0 Å². The second-order valence-corrected chi connectivity index (χ2v) is 2.59. The maximum atomic E-state index is 12.7. The Morgan fingerprint density at radius 1 is 0.833 bits per heavy atom. The Morgan fingerprint density at radius 2 is 1.17 bits per heavy atom. The van der Waals surface area contributed by atoms with E-state index >= 15 is 0 Å². The zero-order valence-corrected chi connectivity index (χ0v) is 8.14. The van der Waals surface area contributed by atoms with Gasteiger partial charge in [0.25, 0.3) is 11.7 Å². The molecule has 0 aromatic rings. The largest absolute Gasteiger partial charge is 0.493 e. The number of allylic oxidation sites excluding steroid dienone is 1. The van der Waals surface area contributed by atoms with E-state index in [2.05, 4.69) is 4.74 Å². The minimum absolute atomic E-state index is 0.0767. The first kappa shape index (κ1) is 16.6. The Balaban J connectivity index is 5.87. The number of methoxy groups -OCH3 is 1. The molecule has 0 radical (unpaired) electrons. The first-order chi connectivity index (χ1) is 7.73. The lowest BCUT2D eigenvalue weighted by Gasteiger charge is -2.27. The summed E-state index contributed by atoms with van der Waals surface area (Å²) in [6.07, 6.45) is -18.7. The van der Waals surface area contributed by atoms with Crippen molar-refractivity contribution >= 4 is 0 Å². The molecule has 0 aliphatic carbocycles. The number of ether oxygens (including phenoxy) is 1. The minimum atomic E-state index is -6.43. The molecular formula is C6H3F10NO. The van der Waals surface area contributed by atoms with Crippen LogP contribution in [0.5, 0.6) is 0 Å². The van der Waals surface area contributed by atoms with Crippen LogP contribution in [0.2, 0.25) is 0 Å². The third kappa shape index (κ3) is 3.84. The third-order valence-corrected chi connectivity index (χ3v) is 1.35. The number of hydrogen-bond acceptors (Lipinski definition) is 2. The molecule has 0 atom stereocenters. The van der Waals surface area contributed by atoms with Gasteiger partial charge >= 0.3 is 18.8 Å². The molecule has 0 aromatic carbocycles. The van der Waals surface area contributed by atoms with Gasteiger partial charge in [-0.15, -0.1) is 26.3 Å². The Bertz CT molecular complexity index is 309. The molecule has 0 N–H and O–H groups in total. The summed E-state index contributed by atoms with van der Waals surface area (Å²) >= 11 is 0. The first-order valence-corrected chi connectivity index (χ1v) is 3.67. The number of nitrogens with zero attached hydrogens (tertiary/aromatic N) is 1. The summed E-state index contributed by atoms with van der Waals surface area (Å²) in [5.74, 6) is -6.69. The molecule has 18 heavy (non-hydrogen) atoms. The molecule has 12 heteroatoms. The number of rotatable bonds is 2. The highest BCUT2D eigenvalue weighted by atomic mass is 19.4. The second kappa shape index (κ2) is 4.72. The van der Waals surface area contributed by atoms with E-state index in [0.29, 0.717) is 0 Å². The van der Waals surface area contributed by atoms with Gasteiger partial charge in [0.2, 0.25) is 0 Å². The van der Waals surface area contributed by atoms with E-state index in [1.807, 2.05) is 0 Å². The third-order valence-electron chi connectivity index (χ3n) is 1.35. The van der Waals surface area contributed by atoms with Crippen LogP contribution in [0, 0.1) is 0 Å². The SMILES string of the molecule is CO/C(=C(\F)N(C(F)(F)F)C(F)(F)F)C(F)(F)F. The van der Waals surface area contributed by atoms with Crippen molar-refractivity contribution in [3.8, 4) is 0 Å². The van der Waals surface area contributed by atoms with Gasteiger partial charge in [-0.05, 0) is 0 Å². The van der Waals surface area contributed by atoms with Crippen molar-refractivity contribution in [2.75, 3.05) is 7.11 Å². The van der Waals surface area contributed by atoms with Gasteiger partial charge in [-0.25, -0.2) is 0 Å². The van der Waals surface area contributed by atoms with Crippen molar-refractivity contribution < 1.29 is 48.6 Å². The fraction of sp³-hybridized carbons (Fsp3) is 0.667. The molecular weight excluding hydrogens is 292 g/mol. The maximum Gasteiger partial charge on any atom is 0.493 e. The van der Waals surface area contributed by atoms with E-state index in [4.69, 9.17) is 0 Å². The van der Waals surface area contributed by atoms with Crippen molar-refractivity contribution in [3.63, 3.8) is 0 Å². The van der Waals surface area contributed by atoms with Crippen LogP contribution in [0.15, 0.2) is 11.7 Å². The van der Waals surface area contributed by atoms with E-state index in [-0.39, 0.29) is 7.11 Å². The van der Waals surface area contributed by atoms with Gasteiger partial charge in [-0.1, -0.05) is 0 Å². The van der Waals surface area contributed by atoms with E-state index in [9.17, 15) is 43.9 Å². The fourth-order valence-corrected chi connectivity index (χ4v) is 0.785. The number of alkyl halides is 9. The van der Waals surface area contributed by atoms with Gasteiger partial charge < -0.3 is 4.74 Å². The van der Waals surface area contributed by atoms with Crippen LogP contribution >= 0.6 is 0 Å². The lowest BCUT2D eigenvalue weighted by molar-refractivity contribution is -0.366. The zero-order chi connectivity index (χ0) is 14.9. The molecule has 0 aromatic heterocycles. The van der Waals surface area contributed by atoms with Gasteiger partial charge in [-0.2, -0.15) is 22.5 Å². The molecule has 0 heterocycles. The van der Waals surface area contributed by atoms with Crippen LogP contribution in [0.1, 0.15) is 0 Å². The van der Waals surface area contributed by atoms with E-state index in [1.54, 1.807) is 0 Å². The minimum Gasteiger partial charge on any atom is -0.489 e. The lowest BCUT2D eigenvalue weighted by Crippen LogP contribution is -2.47. The van der Waals surface area contributed by atoms with Crippen LogP contribution in [0.4, 0.5) is 43.9 Å². The quantitative estimate of drug-likeness (QED) is 0.438. The van der Waals surface area contributed by atoms with Crippen LogP contribution in [-0.2, 0) is 4.74 Å². The normalized spacial score (nSPS) is 15.3. The van der Waals surface area contributed by atoms with Gasteiger partial charge in [0.15, 0.2) is 0 Å². The molecule has 0 bridgehead atoms. The molecule has 0 spiro atoms. The monoisotopic (exact) mass is 295 g/mol. The molecule has 0 aliphatic heterocycles. The molecule has 108 valence electrons. The molecule has 0 amide bonds. The van der Waals surface area contributed by atoms with Crippen LogP contribution in [0.3, 0.4) is 0 Å². The summed E-state index contributed by atoms with van der Waals surface area (Å²) in [7, 11) is 0.0767.